The molecule has 476 valence electrons. The topological polar surface area (TPSA) is 255 Å². The Bertz CT molecular complexity index is 3160. The maximum Gasteiger partial charge on any atom is 0.407 e. The van der Waals surface area contributed by atoms with Gasteiger partial charge in [0.25, 0.3) is 0 Å². The van der Waals surface area contributed by atoms with Crippen LogP contribution in [0.25, 0.3) is 45.0 Å². The van der Waals surface area contributed by atoms with Gasteiger partial charge in [-0.05, 0) is 48.9 Å². The lowest BCUT2D eigenvalue weighted by atomic mass is 9.95. The first-order chi connectivity index (χ1) is 42.1. The van der Waals surface area contributed by atoms with E-state index in [1.54, 1.807) is 19.2 Å². The molecular formula is C66H92N12O10. The van der Waals surface area contributed by atoms with Crippen LogP contribution in [0.15, 0.2) is 97.1 Å². The predicted molar refractivity (Wildman–Crippen MR) is 342 cm³/mol. The van der Waals surface area contributed by atoms with Crippen LogP contribution >= 0.6 is 0 Å². The van der Waals surface area contributed by atoms with Gasteiger partial charge in [-0.25, -0.2) is 19.0 Å². The zero-order valence-electron chi connectivity index (χ0n) is 50.3. The van der Waals surface area contributed by atoms with Gasteiger partial charge in [0, 0.05) is 87.3 Å². The molecule has 0 aliphatic carbocycles. The van der Waals surface area contributed by atoms with Gasteiger partial charge in [-0.2, -0.15) is 0 Å². The lowest BCUT2D eigenvalue weighted by Crippen LogP contribution is -2.34. The lowest BCUT2D eigenvalue weighted by molar-refractivity contribution is -0.125. The number of carbonyl (C=O) groups is 6. The molecule has 4 N–H and O–H groups in total. The highest BCUT2D eigenvalue weighted by Crippen LogP contribution is 2.43. The van der Waals surface area contributed by atoms with Crippen molar-refractivity contribution in [3.8, 4) is 45.0 Å². The Balaban J connectivity index is 0.000000313. The van der Waals surface area contributed by atoms with Crippen LogP contribution in [-0.2, 0) is 64.3 Å². The van der Waals surface area contributed by atoms with Gasteiger partial charge in [0.1, 0.15) is 24.6 Å². The van der Waals surface area contributed by atoms with Crippen LogP contribution in [0, 0.1) is 0 Å². The van der Waals surface area contributed by atoms with E-state index in [-0.39, 0.29) is 83.9 Å². The smallest absolute Gasteiger partial charge is 0.407 e. The molecule has 0 spiro atoms. The normalized spacial score (nSPS) is 11.6. The number of alkyl carbamates (subject to hydrolysis) is 2. The van der Waals surface area contributed by atoms with Gasteiger partial charge in [-0.3, -0.25) is 19.2 Å². The minimum absolute atomic E-state index is 0. The number of nitrogens with zero attached hydrogens (tertiary/aromatic N) is 8. The SMILES string of the molecule is C.C.CCCCCNC(=O)OCCn1nnc2c1-c1ccccc1CN(C(=O)CCC(=O)NCCOCCC)c1ccccc1-2.CCCCCNC(=O)OCCn1nnc2c1-c1ccccc1N(C(=O)CCC(=O)NCCOCCC)Cc1ccccc1-2. The number of benzene rings is 4. The van der Waals surface area contributed by atoms with Crippen LogP contribution in [-0.4, -0.2) is 132 Å². The van der Waals surface area contributed by atoms with Crippen LogP contribution in [0.3, 0.4) is 0 Å². The van der Waals surface area contributed by atoms with Crippen LogP contribution in [0.5, 0.6) is 0 Å². The summed E-state index contributed by atoms with van der Waals surface area (Å²) in [7, 11) is 0. The minimum Gasteiger partial charge on any atom is -0.448 e. The minimum atomic E-state index is -0.459. The molecule has 22 nitrogen and oxygen atoms in total. The van der Waals surface area contributed by atoms with E-state index >= 15 is 0 Å². The number of fused-ring (bicyclic) bond motifs is 10. The third-order valence-corrected chi connectivity index (χ3v) is 14.3. The highest BCUT2D eigenvalue weighted by atomic mass is 16.6. The third kappa shape index (κ3) is 20.3. The summed E-state index contributed by atoms with van der Waals surface area (Å²) in [6.07, 6.45) is 7.31. The predicted octanol–water partition coefficient (Wildman–Crippen LogP) is 10.7. The van der Waals surface area contributed by atoms with Gasteiger partial charge in [0.15, 0.2) is 0 Å². The fourth-order valence-electron chi connectivity index (χ4n) is 9.98. The molecule has 0 radical (unpaired) electrons. The lowest BCUT2D eigenvalue weighted by Gasteiger charge is -2.28. The van der Waals surface area contributed by atoms with Crippen molar-refractivity contribution in [3.63, 3.8) is 0 Å². The number of rotatable bonds is 30. The molecule has 0 fully saturated rings. The molecule has 0 saturated heterocycles. The van der Waals surface area contributed by atoms with Crippen molar-refractivity contribution in [2.45, 2.75) is 146 Å². The molecule has 2 aliphatic heterocycles. The Morgan fingerprint density at radius 3 is 1.33 bits per heavy atom. The van der Waals surface area contributed by atoms with Crippen LogP contribution in [0.1, 0.15) is 131 Å². The Hall–Kier alpha value is -8.50. The monoisotopic (exact) mass is 1210 g/mol. The van der Waals surface area contributed by atoms with Crippen LogP contribution < -0.4 is 31.1 Å². The molecule has 2 aromatic heterocycles. The number of aromatic nitrogens is 6. The van der Waals surface area contributed by atoms with Crippen molar-refractivity contribution < 1.29 is 47.7 Å². The third-order valence-electron chi connectivity index (χ3n) is 14.3. The first kappa shape index (κ1) is 70.3. The molecule has 6 amide bonds. The van der Waals surface area contributed by atoms with E-state index in [1.807, 2.05) is 111 Å². The largest absolute Gasteiger partial charge is 0.448 e. The molecule has 4 heterocycles. The summed E-state index contributed by atoms with van der Waals surface area (Å²) in [4.78, 5) is 79.9. The van der Waals surface area contributed by atoms with Crippen molar-refractivity contribution >= 4 is 47.2 Å². The second kappa shape index (κ2) is 37.9. The molecule has 8 rings (SSSR count). The van der Waals surface area contributed by atoms with E-state index in [2.05, 4.69) is 55.7 Å². The van der Waals surface area contributed by atoms with Crippen molar-refractivity contribution in [1.82, 2.24) is 51.3 Å². The van der Waals surface area contributed by atoms with Crippen LogP contribution in [0.4, 0.5) is 21.0 Å². The number of para-hydroxylation sites is 2. The Morgan fingerprint density at radius 1 is 0.432 bits per heavy atom. The van der Waals surface area contributed by atoms with Gasteiger partial charge in [-0.15, -0.1) is 10.2 Å². The van der Waals surface area contributed by atoms with Gasteiger partial charge < -0.3 is 50.0 Å². The van der Waals surface area contributed by atoms with Crippen molar-refractivity contribution in [2.75, 3.05) is 75.6 Å². The maximum absolute atomic E-state index is 13.7. The summed E-state index contributed by atoms with van der Waals surface area (Å²) in [5.74, 6) is -0.691. The zero-order valence-corrected chi connectivity index (χ0v) is 50.3. The second-order valence-electron chi connectivity index (χ2n) is 20.8. The molecule has 0 unspecified atom stereocenters. The van der Waals surface area contributed by atoms with E-state index in [9.17, 15) is 28.8 Å². The molecule has 88 heavy (non-hydrogen) atoms. The van der Waals surface area contributed by atoms with Crippen molar-refractivity contribution in [3.05, 3.63) is 108 Å². The fraction of sp³-hybridized carbons (Fsp3) is 0.485. The first-order valence-electron chi connectivity index (χ1n) is 30.4. The Morgan fingerprint density at radius 2 is 0.841 bits per heavy atom. The number of hydrogen-bond acceptors (Lipinski definition) is 14. The number of nitrogens with one attached hydrogen (secondary N) is 4. The van der Waals surface area contributed by atoms with E-state index in [0.717, 1.165) is 96.1 Å². The summed E-state index contributed by atoms with van der Waals surface area (Å²) in [6.45, 7) is 14.0. The zero-order chi connectivity index (χ0) is 60.9. The number of hydrogen-bond donors (Lipinski definition) is 4. The van der Waals surface area contributed by atoms with E-state index in [1.165, 1.54) is 0 Å². The molecule has 0 atom stereocenters. The number of carbonyl (C=O) groups excluding carboxylic acids is 6. The maximum atomic E-state index is 13.7. The second-order valence-corrected chi connectivity index (χ2v) is 20.8. The average molecular weight is 1210 g/mol. The molecule has 4 aromatic carbocycles. The molecule has 2 aliphatic rings. The molecular weight excluding hydrogens is 1120 g/mol. The average Bonchev–Trinajstić information content (AvgIpc) is 1.62. The van der Waals surface area contributed by atoms with E-state index in [0.29, 0.717) is 95.0 Å². The summed E-state index contributed by atoms with van der Waals surface area (Å²) in [6, 6.07) is 30.9. The Kier molecular flexibility index (Phi) is 30.3. The van der Waals surface area contributed by atoms with E-state index in [4.69, 9.17) is 18.9 Å². The quantitative estimate of drug-likeness (QED) is 0.0306. The van der Waals surface area contributed by atoms with Gasteiger partial charge >= 0.3 is 12.2 Å². The summed E-state index contributed by atoms with van der Waals surface area (Å²) >= 11 is 0. The van der Waals surface area contributed by atoms with Gasteiger partial charge in [0.05, 0.1) is 62.2 Å². The fourth-order valence-corrected chi connectivity index (χ4v) is 9.98. The molecule has 0 saturated carbocycles. The number of unbranched alkanes of at least 4 members (excludes halogenated alkanes) is 4. The van der Waals surface area contributed by atoms with E-state index < -0.39 is 12.2 Å². The molecule has 22 heteroatoms. The number of anilines is 2. The van der Waals surface area contributed by atoms with Crippen molar-refractivity contribution in [2.24, 2.45) is 0 Å². The number of amides is 6. The van der Waals surface area contributed by atoms with Gasteiger partial charge in [0.2, 0.25) is 23.6 Å². The summed E-state index contributed by atoms with van der Waals surface area (Å²) in [5.41, 5.74) is 9.41. The number of ether oxygens (including phenoxy) is 4. The van der Waals surface area contributed by atoms with Crippen molar-refractivity contribution in [1.29, 1.82) is 0 Å². The van der Waals surface area contributed by atoms with Gasteiger partial charge in [-0.1, -0.05) is 164 Å². The highest BCUT2D eigenvalue weighted by molar-refractivity contribution is 6.02. The summed E-state index contributed by atoms with van der Waals surface area (Å²) in [5, 5.41) is 29.1. The highest BCUT2D eigenvalue weighted by Gasteiger charge is 2.31. The first-order valence-corrected chi connectivity index (χ1v) is 30.4. The Labute approximate surface area is 518 Å². The van der Waals surface area contributed by atoms with Crippen LogP contribution in [0.2, 0.25) is 0 Å². The molecule has 0 bridgehead atoms. The molecule has 6 aromatic rings. The standard InChI is InChI=1S/2C32H42N6O5.2CH4/c1-3-5-10-17-34-32(41)43-22-19-38-31-25-12-7-6-11-24(25)23-37(27-14-9-8-13-26(27)30(31)35-36-38)29(40)16-15-28(39)33-18-21-42-20-4-2;1-3-5-10-17-34-32(41)43-22-19-38-31-26-13-8-9-14-27(26)37(23-24-11-6-7-12-25(24)30(31)35-36-38)29(40)16-15-28(39)33-18-21-42-20-4-2;;/h2*6-9,11-14H,3-5,10,15-23H2,1-2H3,(H,33,39)(H,34,41);2*1H4. The summed E-state index contributed by atoms with van der Waals surface area (Å²) < 4.78 is 25.1.